The highest BCUT2D eigenvalue weighted by molar-refractivity contribution is 5.92. The molecule has 1 fully saturated rings. The van der Waals surface area contributed by atoms with Crippen LogP contribution in [0, 0.1) is 11.6 Å². The van der Waals surface area contributed by atoms with Gasteiger partial charge in [0.1, 0.15) is 11.6 Å². The van der Waals surface area contributed by atoms with Gasteiger partial charge in [-0.15, -0.1) is 10.2 Å². The topological polar surface area (TPSA) is 62.5 Å². The Morgan fingerprint density at radius 3 is 2.30 bits per heavy atom. The molecule has 1 saturated heterocycles. The van der Waals surface area contributed by atoms with Crippen LogP contribution in [0.3, 0.4) is 0 Å². The number of carbonyl (C=O) groups is 1. The molecule has 3 aromatic rings. The lowest BCUT2D eigenvalue weighted by Crippen LogP contribution is -2.45. The second-order valence-electron chi connectivity index (χ2n) is 7.62. The number of nitrogens with zero attached hydrogens (tertiary/aromatic N) is 4. The van der Waals surface area contributed by atoms with E-state index in [1.165, 1.54) is 23.1 Å². The average molecular weight is 466 g/mol. The molecule has 2 aromatic carbocycles. The first-order valence-corrected chi connectivity index (χ1v) is 10.2. The summed E-state index contributed by atoms with van der Waals surface area (Å²) in [7, 11) is 0. The van der Waals surface area contributed by atoms with Crippen molar-refractivity contribution in [2.75, 3.05) is 18.0 Å². The number of carbonyl (C=O) groups excluding carboxylic acids is 1. The van der Waals surface area contributed by atoms with Crippen molar-refractivity contribution in [3.8, 4) is 11.5 Å². The van der Waals surface area contributed by atoms with Crippen LogP contribution in [-0.2, 0) is 12.7 Å². The van der Waals surface area contributed by atoms with Crippen LogP contribution in [0.2, 0.25) is 0 Å². The summed E-state index contributed by atoms with van der Waals surface area (Å²) in [6, 6.07) is 8.64. The Hall–Kier alpha value is -3.50. The number of hydrogen-bond donors (Lipinski definition) is 0. The van der Waals surface area contributed by atoms with Crippen LogP contribution >= 0.6 is 0 Å². The van der Waals surface area contributed by atoms with Crippen LogP contribution in [0.4, 0.5) is 32.4 Å². The van der Waals surface area contributed by atoms with Gasteiger partial charge in [0, 0.05) is 24.7 Å². The standard InChI is InChI=1S/C22H19F5N4O2/c23-16-8-9-18(17(24)12-16)31(21(32)30-10-2-1-3-11-30)13-14-4-6-15(7-5-14)19-28-29-20(33-19)22(25,26)27/h4-9,12H,1-3,10-11,13H2. The highest BCUT2D eigenvalue weighted by Crippen LogP contribution is 2.31. The molecule has 4 rings (SSSR count). The van der Waals surface area contributed by atoms with Crippen molar-refractivity contribution in [3.63, 3.8) is 0 Å². The lowest BCUT2D eigenvalue weighted by molar-refractivity contribution is -0.156. The number of rotatable bonds is 4. The maximum atomic E-state index is 14.5. The predicted molar refractivity (Wildman–Crippen MR) is 108 cm³/mol. The molecule has 11 heteroatoms. The van der Waals surface area contributed by atoms with E-state index in [2.05, 4.69) is 14.6 Å². The van der Waals surface area contributed by atoms with Gasteiger partial charge in [-0.3, -0.25) is 4.90 Å². The third kappa shape index (κ3) is 5.12. The third-order valence-electron chi connectivity index (χ3n) is 5.27. The van der Waals surface area contributed by atoms with E-state index in [1.807, 2.05) is 0 Å². The molecule has 6 nitrogen and oxygen atoms in total. The molecule has 1 aliphatic rings. The third-order valence-corrected chi connectivity index (χ3v) is 5.27. The molecule has 0 aliphatic carbocycles. The Morgan fingerprint density at radius 2 is 1.70 bits per heavy atom. The molecule has 0 bridgehead atoms. The summed E-state index contributed by atoms with van der Waals surface area (Å²) in [6.07, 6.45) is -2.07. The van der Waals surface area contributed by atoms with Gasteiger partial charge < -0.3 is 9.32 Å². The van der Waals surface area contributed by atoms with Crippen LogP contribution in [-0.4, -0.2) is 34.2 Å². The SMILES string of the molecule is O=C(N1CCCCC1)N(Cc1ccc(-c2nnc(C(F)(F)F)o2)cc1)c1ccc(F)cc1F. The zero-order valence-corrected chi connectivity index (χ0v) is 17.3. The number of hydrogen-bond acceptors (Lipinski definition) is 4. The lowest BCUT2D eigenvalue weighted by atomic mass is 10.1. The Morgan fingerprint density at radius 1 is 1.00 bits per heavy atom. The van der Waals surface area contributed by atoms with Gasteiger partial charge in [-0.1, -0.05) is 12.1 Å². The molecule has 0 saturated carbocycles. The molecular formula is C22H19F5N4O2. The smallest absolute Gasteiger partial charge is 0.413 e. The summed E-state index contributed by atoms with van der Waals surface area (Å²) < 4.78 is 70.7. The van der Waals surface area contributed by atoms with Gasteiger partial charge in [-0.25, -0.2) is 13.6 Å². The first kappa shape index (κ1) is 22.7. The Bertz CT molecular complexity index is 1120. The monoisotopic (exact) mass is 466 g/mol. The second kappa shape index (κ2) is 9.16. The van der Waals surface area contributed by atoms with Crippen LogP contribution in [0.25, 0.3) is 11.5 Å². The zero-order chi connectivity index (χ0) is 23.6. The number of benzene rings is 2. The number of anilines is 1. The van der Waals surface area contributed by atoms with Gasteiger partial charge in [-0.2, -0.15) is 13.2 Å². The number of piperidine rings is 1. The molecule has 0 radical (unpaired) electrons. The minimum atomic E-state index is -4.75. The summed E-state index contributed by atoms with van der Waals surface area (Å²) in [4.78, 5) is 16.0. The van der Waals surface area contributed by atoms with E-state index in [0.717, 1.165) is 25.3 Å². The number of amides is 2. The molecule has 2 heterocycles. The van der Waals surface area contributed by atoms with Gasteiger partial charge in [0.05, 0.1) is 12.2 Å². The predicted octanol–water partition coefficient (Wildman–Crippen LogP) is 5.65. The minimum Gasteiger partial charge on any atom is -0.413 e. The fourth-order valence-corrected chi connectivity index (χ4v) is 3.60. The van der Waals surface area contributed by atoms with Crippen molar-refractivity contribution in [2.45, 2.75) is 32.0 Å². The van der Waals surface area contributed by atoms with Crippen LogP contribution < -0.4 is 4.90 Å². The molecule has 0 unspecified atom stereocenters. The van der Waals surface area contributed by atoms with Crippen molar-refractivity contribution in [2.24, 2.45) is 0 Å². The molecule has 1 aromatic heterocycles. The van der Waals surface area contributed by atoms with E-state index in [0.29, 0.717) is 24.7 Å². The van der Waals surface area contributed by atoms with Crippen molar-refractivity contribution in [1.29, 1.82) is 0 Å². The van der Waals surface area contributed by atoms with Gasteiger partial charge in [0.15, 0.2) is 0 Å². The average Bonchev–Trinajstić information content (AvgIpc) is 3.30. The maximum Gasteiger partial charge on any atom is 0.470 e. The number of urea groups is 1. The molecule has 1 aliphatic heterocycles. The molecule has 0 spiro atoms. The Balaban J connectivity index is 1.59. The van der Waals surface area contributed by atoms with E-state index in [1.54, 1.807) is 17.0 Å². The molecule has 2 amide bonds. The summed E-state index contributed by atoms with van der Waals surface area (Å²) in [6.45, 7) is 1.04. The first-order valence-electron chi connectivity index (χ1n) is 10.2. The highest BCUT2D eigenvalue weighted by Gasteiger charge is 2.38. The van der Waals surface area contributed by atoms with Crippen LogP contribution in [0.1, 0.15) is 30.7 Å². The number of alkyl halides is 3. The normalized spacial score (nSPS) is 14.4. The van der Waals surface area contributed by atoms with Crippen LogP contribution in [0.5, 0.6) is 0 Å². The molecule has 0 N–H and O–H groups in total. The Labute approximate surface area is 185 Å². The van der Waals surface area contributed by atoms with E-state index in [-0.39, 0.29) is 23.7 Å². The lowest BCUT2D eigenvalue weighted by Gasteiger charge is -2.33. The van der Waals surface area contributed by atoms with Crippen molar-refractivity contribution >= 4 is 11.7 Å². The summed E-state index contributed by atoms with van der Waals surface area (Å²) in [5, 5.41) is 6.40. The summed E-state index contributed by atoms with van der Waals surface area (Å²) in [5.74, 6) is -3.39. The van der Waals surface area contributed by atoms with Gasteiger partial charge in [0.25, 0.3) is 0 Å². The number of halogens is 5. The van der Waals surface area contributed by atoms with E-state index < -0.39 is 29.7 Å². The fraction of sp³-hybridized carbons (Fsp3) is 0.318. The van der Waals surface area contributed by atoms with Crippen molar-refractivity contribution in [3.05, 3.63) is 65.6 Å². The Kier molecular flexibility index (Phi) is 6.30. The molecule has 0 atom stereocenters. The summed E-state index contributed by atoms with van der Waals surface area (Å²) in [5.41, 5.74) is 0.759. The largest absolute Gasteiger partial charge is 0.470 e. The zero-order valence-electron chi connectivity index (χ0n) is 17.3. The van der Waals surface area contributed by atoms with E-state index in [9.17, 15) is 26.7 Å². The first-order chi connectivity index (χ1) is 15.7. The van der Waals surface area contributed by atoms with E-state index in [4.69, 9.17) is 0 Å². The minimum absolute atomic E-state index is 0.0319. The number of likely N-dealkylation sites (tertiary alicyclic amines) is 1. The highest BCUT2D eigenvalue weighted by atomic mass is 19.4. The number of aromatic nitrogens is 2. The summed E-state index contributed by atoms with van der Waals surface area (Å²) >= 11 is 0. The van der Waals surface area contributed by atoms with Crippen LogP contribution in [0.15, 0.2) is 46.9 Å². The molecule has 174 valence electrons. The quantitative estimate of drug-likeness (QED) is 0.467. The van der Waals surface area contributed by atoms with Crippen molar-refractivity contribution < 1.29 is 31.2 Å². The van der Waals surface area contributed by atoms with Crippen molar-refractivity contribution in [1.82, 2.24) is 15.1 Å². The second-order valence-corrected chi connectivity index (χ2v) is 7.62. The maximum absolute atomic E-state index is 14.5. The van der Waals surface area contributed by atoms with E-state index >= 15 is 0 Å². The molecule has 33 heavy (non-hydrogen) atoms. The van der Waals surface area contributed by atoms with Gasteiger partial charge >= 0.3 is 18.1 Å². The van der Waals surface area contributed by atoms with Gasteiger partial charge in [0.2, 0.25) is 5.89 Å². The van der Waals surface area contributed by atoms with Gasteiger partial charge in [-0.05, 0) is 49.1 Å². The molecular weight excluding hydrogens is 447 g/mol. The fourth-order valence-electron chi connectivity index (χ4n) is 3.60.